The van der Waals surface area contributed by atoms with E-state index in [0.29, 0.717) is 6.04 Å². The molecule has 1 nitrogen and oxygen atoms in total. The molecule has 0 radical (unpaired) electrons. The molecule has 1 unspecified atom stereocenters. The van der Waals surface area contributed by atoms with Crippen molar-refractivity contribution < 1.29 is 0 Å². The number of thiophene rings is 1. The lowest BCUT2D eigenvalue weighted by Gasteiger charge is -2.13. The molecule has 1 N–H and O–H groups in total. The van der Waals surface area contributed by atoms with E-state index in [2.05, 4.69) is 48.8 Å². The molecule has 1 atom stereocenters. The molecule has 1 heterocycles. The molecule has 2 aromatic rings. The third-order valence-corrected chi connectivity index (χ3v) is 4.79. The van der Waals surface area contributed by atoms with Crippen LogP contribution in [0.2, 0.25) is 0 Å². The van der Waals surface area contributed by atoms with Crippen LogP contribution < -0.4 is 5.32 Å². The van der Waals surface area contributed by atoms with E-state index in [-0.39, 0.29) is 0 Å². The first-order chi connectivity index (χ1) is 9.28. The number of nitrogens with one attached hydrogen (secondary N) is 1. The van der Waals surface area contributed by atoms with E-state index in [1.165, 1.54) is 46.4 Å². The summed E-state index contributed by atoms with van der Waals surface area (Å²) in [6.45, 7) is 5.52. The lowest BCUT2D eigenvalue weighted by molar-refractivity contribution is 0.529. The Hall–Kier alpha value is -1.12. The zero-order chi connectivity index (χ0) is 13.2. The third-order valence-electron chi connectivity index (χ3n) is 3.93. The van der Waals surface area contributed by atoms with Gasteiger partial charge in [0.2, 0.25) is 0 Å². The van der Waals surface area contributed by atoms with Crippen molar-refractivity contribution in [3.8, 4) is 11.1 Å². The van der Waals surface area contributed by atoms with Gasteiger partial charge in [-0.1, -0.05) is 25.1 Å². The average Bonchev–Trinajstić information content (AvgIpc) is 3.02. The maximum absolute atomic E-state index is 3.65. The predicted octanol–water partition coefficient (Wildman–Crippen LogP) is 4.71. The summed E-state index contributed by atoms with van der Waals surface area (Å²) in [6, 6.07) is 9.87. The number of rotatable bonds is 4. The van der Waals surface area contributed by atoms with Crippen LogP contribution in [0.1, 0.15) is 41.8 Å². The van der Waals surface area contributed by atoms with Gasteiger partial charge in [-0.15, -0.1) is 11.3 Å². The average molecular weight is 271 g/mol. The second-order valence-corrected chi connectivity index (χ2v) is 6.52. The summed E-state index contributed by atoms with van der Waals surface area (Å²) < 4.78 is 0. The van der Waals surface area contributed by atoms with Gasteiger partial charge in [-0.05, 0) is 66.4 Å². The third kappa shape index (κ3) is 2.60. The molecule has 0 saturated carbocycles. The highest BCUT2D eigenvalue weighted by atomic mass is 32.1. The van der Waals surface area contributed by atoms with Gasteiger partial charge in [0.05, 0.1) is 0 Å². The molecule has 3 rings (SSSR count). The first kappa shape index (κ1) is 12.9. The standard InChI is InChI=1S/C17H21NS/c1-3-8-18-17-7-5-14-10-13(4-6-16(14)17)15-9-12(2)19-11-15/h4,6,9-11,17-18H,3,5,7-8H2,1-2H3. The summed E-state index contributed by atoms with van der Waals surface area (Å²) in [6.07, 6.45) is 3.67. The number of hydrogen-bond acceptors (Lipinski definition) is 2. The molecule has 0 spiro atoms. The van der Waals surface area contributed by atoms with Crippen molar-refractivity contribution in [2.45, 2.75) is 39.2 Å². The molecule has 0 amide bonds. The highest BCUT2D eigenvalue weighted by molar-refractivity contribution is 7.10. The Morgan fingerprint density at radius 2 is 2.16 bits per heavy atom. The fraction of sp³-hybridized carbons (Fsp3) is 0.412. The van der Waals surface area contributed by atoms with Crippen LogP contribution in [0.4, 0.5) is 0 Å². The maximum Gasteiger partial charge on any atom is 0.0326 e. The topological polar surface area (TPSA) is 12.0 Å². The van der Waals surface area contributed by atoms with E-state index in [4.69, 9.17) is 0 Å². The van der Waals surface area contributed by atoms with E-state index < -0.39 is 0 Å². The number of aryl methyl sites for hydroxylation is 2. The van der Waals surface area contributed by atoms with E-state index in [0.717, 1.165) is 6.54 Å². The summed E-state index contributed by atoms with van der Waals surface area (Å²) in [5.74, 6) is 0. The summed E-state index contributed by atoms with van der Waals surface area (Å²) in [4.78, 5) is 1.39. The van der Waals surface area contributed by atoms with Crippen LogP contribution in [0.15, 0.2) is 29.6 Å². The normalized spacial score (nSPS) is 17.7. The van der Waals surface area contributed by atoms with Crippen LogP contribution in [-0.2, 0) is 6.42 Å². The Morgan fingerprint density at radius 1 is 1.26 bits per heavy atom. The van der Waals surface area contributed by atoms with Gasteiger partial charge in [0.1, 0.15) is 0 Å². The van der Waals surface area contributed by atoms with Crippen molar-refractivity contribution in [2.24, 2.45) is 0 Å². The molecule has 0 bridgehead atoms. The second-order valence-electron chi connectivity index (χ2n) is 5.41. The van der Waals surface area contributed by atoms with Gasteiger partial charge in [0, 0.05) is 10.9 Å². The molecule has 1 aromatic heterocycles. The van der Waals surface area contributed by atoms with Crippen molar-refractivity contribution in [3.05, 3.63) is 45.6 Å². The zero-order valence-corrected chi connectivity index (χ0v) is 12.5. The largest absolute Gasteiger partial charge is 0.310 e. The molecule has 0 saturated heterocycles. The number of hydrogen-bond donors (Lipinski definition) is 1. The van der Waals surface area contributed by atoms with Crippen LogP contribution >= 0.6 is 11.3 Å². The van der Waals surface area contributed by atoms with Crippen molar-refractivity contribution in [3.63, 3.8) is 0 Å². The van der Waals surface area contributed by atoms with E-state index in [1.54, 1.807) is 0 Å². The minimum atomic E-state index is 0.577. The second kappa shape index (κ2) is 5.48. The van der Waals surface area contributed by atoms with E-state index in [9.17, 15) is 0 Å². The van der Waals surface area contributed by atoms with Gasteiger partial charge in [-0.2, -0.15) is 0 Å². The van der Waals surface area contributed by atoms with Crippen molar-refractivity contribution in [1.29, 1.82) is 0 Å². The predicted molar refractivity (Wildman–Crippen MR) is 83.8 cm³/mol. The highest BCUT2D eigenvalue weighted by Gasteiger charge is 2.21. The van der Waals surface area contributed by atoms with Crippen LogP contribution in [0.3, 0.4) is 0 Å². The van der Waals surface area contributed by atoms with Crippen molar-refractivity contribution in [1.82, 2.24) is 5.32 Å². The lowest BCUT2D eigenvalue weighted by atomic mass is 10.0. The molecule has 1 aliphatic rings. The van der Waals surface area contributed by atoms with Crippen LogP contribution in [0.5, 0.6) is 0 Å². The van der Waals surface area contributed by atoms with Gasteiger partial charge >= 0.3 is 0 Å². The molecule has 2 heteroatoms. The highest BCUT2D eigenvalue weighted by Crippen LogP contribution is 2.35. The molecule has 0 fully saturated rings. The summed E-state index contributed by atoms with van der Waals surface area (Å²) in [5.41, 5.74) is 5.80. The van der Waals surface area contributed by atoms with E-state index >= 15 is 0 Å². The summed E-state index contributed by atoms with van der Waals surface area (Å²) in [7, 11) is 0. The molecule has 100 valence electrons. The van der Waals surface area contributed by atoms with Crippen LogP contribution in [-0.4, -0.2) is 6.54 Å². The lowest BCUT2D eigenvalue weighted by Crippen LogP contribution is -2.19. The van der Waals surface area contributed by atoms with Crippen LogP contribution in [0.25, 0.3) is 11.1 Å². The Balaban J connectivity index is 1.85. The Labute approximate surface area is 119 Å². The Bertz CT molecular complexity index is 570. The molecule has 0 aliphatic heterocycles. The van der Waals surface area contributed by atoms with Gasteiger partial charge in [-0.25, -0.2) is 0 Å². The first-order valence-electron chi connectivity index (χ1n) is 7.19. The van der Waals surface area contributed by atoms with Gasteiger partial charge in [0.15, 0.2) is 0 Å². The molecule has 19 heavy (non-hydrogen) atoms. The quantitative estimate of drug-likeness (QED) is 0.849. The zero-order valence-electron chi connectivity index (χ0n) is 11.7. The van der Waals surface area contributed by atoms with Gasteiger partial charge < -0.3 is 5.32 Å². The molecule has 1 aliphatic carbocycles. The fourth-order valence-electron chi connectivity index (χ4n) is 2.92. The Morgan fingerprint density at radius 3 is 2.89 bits per heavy atom. The van der Waals surface area contributed by atoms with Gasteiger partial charge in [-0.3, -0.25) is 0 Å². The molecule has 1 aromatic carbocycles. The summed E-state index contributed by atoms with van der Waals surface area (Å²) >= 11 is 1.83. The number of benzene rings is 1. The minimum absolute atomic E-state index is 0.577. The molecular weight excluding hydrogens is 250 g/mol. The van der Waals surface area contributed by atoms with Crippen LogP contribution in [0, 0.1) is 6.92 Å². The fourth-order valence-corrected chi connectivity index (χ4v) is 3.63. The van der Waals surface area contributed by atoms with Crippen molar-refractivity contribution >= 4 is 11.3 Å². The monoisotopic (exact) mass is 271 g/mol. The van der Waals surface area contributed by atoms with E-state index in [1.807, 2.05) is 11.3 Å². The number of fused-ring (bicyclic) bond motifs is 1. The first-order valence-corrected chi connectivity index (χ1v) is 8.07. The SMILES string of the molecule is CCCNC1CCc2cc(-c3csc(C)c3)ccc21. The Kier molecular flexibility index (Phi) is 3.72. The van der Waals surface area contributed by atoms with Gasteiger partial charge in [0.25, 0.3) is 0 Å². The van der Waals surface area contributed by atoms with Crippen molar-refractivity contribution in [2.75, 3.05) is 6.54 Å². The maximum atomic E-state index is 3.65. The minimum Gasteiger partial charge on any atom is -0.310 e. The smallest absolute Gasteiger partial charge is 0.0326 e. The summed E-state index contributed by atoms with van der Waals surface area (Å²) in [5, 5.41) is 5.92. The molecular formula is C17H21NS.